The largest absolute Gasteiger partial charge is 0.0654 e. The van der Waals surface area contributed by atoms with Crippen LogP contribution in [0.15, 0.2) is 0 Å². The van der Waals surface area contributed by atoms with Crippen LogP contribution < -0.4 is 0 Å². The normalized spacial score (nSPS) is 24.0. The molecule has 0 spiro atoms. The Morgan fingerprint density at radius 3 is 1.45 bits per heavy atom. The van der Waals surface area contributed by atoms with Gasteiger partial charge in [-0.2, -0.15) is 0 Å². The minimum Gasteiger partial charge on any atom is -0.0654 e. The van der Waals surface area contributed by atoms with E-state index in [2.05, 4.69) is 27.7 Å². The number of hydrogen-bond acceptors (Lipinski definition) is 0. The van der Waals surface area contributed by atoms with Gasteiger partial charge in [-0.05, 0) is 11.5 Å². The van der Waals surface area contributed by atoms with Gasteiger partial charge in [-0.1, -0.05) is 110 Å². The summed E-state index contributed by atoms with van der Waals surface area (Å²) < 4.78 is 0. The van der Waals surface area contributed by atoms with Crippen LogP contribution in [0.1, 0.15) is 91.9 Å². The third-order valence-corrected chi connectivity index (χ3v) is 12.3. The summed E-state index contributed by atoms with van der Waals surface area (Å²) in [5, 5.41) is 0. The number of rotatable bonds is 10. The molecule has 0 N–H and O–H groups in total. The van der Waals surface area contributed by atoms with E-state index < -0.39 is 8.07 Å². The fourth-order valence-electron chi connectivity index (χ4n) is 4.45. The Hall–Kier alpha value is 0.217. The summed E-state index contributed by atoms with van der Waals surface area (Å²) in [5.74, 6) is 1.02. The Bertz CT molecular complexity index is 206. The molecule has 20 heavy (non-hydrogen) atoms. The number of hydrogen-bond donors (Lipinski definition) is 0. The molecule has 120 valence electrons. The molecule has 0 aromatic heterocycles. The average molecular weight is 297 g/mol. The second-order valence-corrected chi connectivity index (χ2v) is 12.7. The second-order valence-electron chi connectivity index (χ2n) is 7.63. The first-order chi connectivity index (χ1) is 9.68. The molecule has 0 aromatic rings. The van der Waals surface area contributed by atoms with Crippen molar-refractivity contribution in [3.05, 3.63) is 0 Å². The third-order valence-electron chi connectivity index (χ3n) is 5.97. The van der Waals surface area contributed by atoms with E-state index in [1.54, 1.807) is 31.0 Å². The maximum absolute atomic E-state index is 2.48. The van der Waals surface area contributed by atoms with Gasteiger partial charge >= 0.3 is 0 Å². The summed E-state index contributed by atoms with van der Waals surface area (Å²) in [6.45, 7) is 9.65. The van der Waals surface area contributed by atoms with Crippen molar-refractivity contribution < 1.29 is 0 Å². The van der Waals surface area contributed by atoms with Gasteiger partial charge in [0.1, 0.15) is 0 Å². The first-order valence-corrected chi connectivity index (χ1v) is 12.4. The van der Waals surface area contributed by atoms with Gasteiger partial charge in [0.05, 0.1) is 8.07 Å². The molecule has 1 rings (SSSR count). The van der Waals surface area contributed by atoms with Crippen molar-refractivity contribution in [1.29, 1.82) is 0 Å². The van der Waals surface area contributed by atoms with Gasteiger partial charge in [0.15, 0.2) is 0 Å². The van der Waals surface area contributed by atoms with Gasteiger partial charge in [0.2, 0.25) is 0 Å². The molecule has 1 heteroatoms. The van der Waals surface area contributed by atoms with Gasteiger partial charge in [-0.15, -0.1) is 0 Å². The van der Waals surface area contributed by atoms with Crippen molar-refractivity contribution in [3.63, 3.8) is 0 Å². The van der Waals surface area contributed by atoms with Crippen LogP contribution in [0.5, 0.6) is 0 Å². The van der Waals surface area contributed by atoms with E-state index >= 15 is 0 Å². The van der Waals surface area contributed by atoms with Crippen LogP contribution in [0.3, 0.4) is 0 Å². The third kappa shape index (κ3) is 5.54. The Balaban J connectivity index is 2.75. The minimum atomic E-state index is -0.987. The average Bonchev–Trinajstić information content (AvgIpc) is 2.48. The first-order valence-electron chi connectivity index (χ1n) is 9.68. The molecule has 0 aliphatic heterocycles. The van der Waals surface area contributed by atoms with Gasteiger partial charge in [0, 0.05) is 0 Å². The lowest BCUT2D eigenvalue weighted by atomic mass is 9.90. The Labute approximate surface area is 130 Å². The van der Waals surface area contributed by atoms with E-state index in [9.17, 15) is 0 Å². The van der Waals surface area contributed by atoms with Crippen LogP contribution >= 0.6 is 0 Å². The topological polar surface area (TPSA) is 0 Å². The minimum absolute atomic E-state index is 0.987. The zero-order chi connectivity index (χ0) is 14.8. The van der Waals surface area contributed by atoms with Crippen molar-refractivity contribution >= 4 is 8.07 Å². The molecular weight excluding hydrogens is 256 g/mol. The van der Waals surface area contributed by atoms with Crippen LogP contribution in [0.2, 0.25) is 23.7 Å². The summed E-state index contributed by atoms with van der Waals surface area (Å²) in [6.07, 6.45) is 15.0. The molecule has 1 fully saturated rings. The predicted octanol–water partition coefficient (Wildman–Crippen LogP) is 7.42. The molecular formula is C19H40Si. The molecule has 0 saturated heterocycles. The molecule has 0 amide bonds. The zero-order valence-corrected chi connectivity index (χ0v) is 15.8. The van der Waals surface area contributed by atoms with E-state index in [1.165, 1.54) is 56.9 Å². The van der Waals surface area contributed by atoms with Crippen LogP contribution in [0.25, 0.3) is 0 Å². The van der Waals surface area contributed by atoms with Gasteiger partial charge in [-0.25, -0.2) is 0 Å². The van der Waals surface area contributed by atoms with Crippen molar-refractivity contribution in [3.8, 4) is 0 Å². The highest BCUT2D eigenvalue weighted by molar-refractivity contribution is 6.81. The van der Waals surface area contributed by atoms with Gasteiger partial charge in [0.25, 0.3) is 0 Å². The van der Waals surface area contributed by atoms with Crippen molar-refractivity contribution in [2.75, 3.05) is 0 Å². The fourth-order valence-corrected chi connectivity index (χ4v) is 11.2. The van der Waals surface area contributed by atoms with Crippen LogP contribution in [0.4, 0.5) is 0 Å². The second kappa shape index (κ2) is 10.0. The van der Waals surface area contributed by atoms with E-state index in [-0.39, 0.29) is 0 Å². The molecule has 0 heterocycles. The number of unbranched alkanes of at least 4 members (excludes halogenated alkanes) is 3. The smallest absolute Gasteiger partial charge is 0.0566 e. The van der Waals surface area contributed by atoms with Crippen LogP contribution in [-0.2, 0) is 0 Å². The first kappa shape index (κ1) is 18.3. The molecule has 1 saturated carbocycles. The molecule has 0 atom stereocenters. The Morgan fingerprint density at radius 1 is 0.700 bits per heavy atom. The van der Waals surface area contributed by atoms with E-state index in [0.29, 0.717) is 0 Å². The summed E-state index contributed by atoms with van der Waals surface area (Å²) in [6, 6.07) is 4.97. The summed E-state index contributed by atoms with van der Waals surface area (Å²) in [4.78, 5) is 0. The van der Waals surface area contributed by atoms with Gasteiger partial charge in [-0.3, -0.25) is 0 Å². The Kier molecular flexibility index (Phi) is 9.16. The standard InChI is InChI=1S/C19H40Si/c1-5-8-15-20(16-9-6-2,17-10-7-3)19-13-11-18(4)12-14-19/h18-19H,5-17H2,1-4H3. The van der Waals surface area contributed by atoms with E-state index in [4.69, 9.17) is 0 Å². The highest BCUT2D eigenvalue weighted by Crippen LogP contribution is 2.47. The maximum atomic E-state index is 2.48. The molecule has 0 bridgehead atoms. The van der Waals surface area contributed by atoms with Crippen molar-refractivity contribution in [1.82, 2.24) is 0 Å². The van der Waals surface area contributed by atoms with Gasteiger partial charge < -0.3 is 0 Å². The monoisotopic (exact) mass is 296 g/mol. The lowest BCUT2D eigenvalue weighted by molar-refractivity contribution is 0.375. The molecule has 1 aliphatic rings. The SMILES string of the molecule is CCCC[Si](CCCC)(CCCC)C1CCC(C)CC1. The lowest BCUT2D eigenvalue weighted by Gasteiger charge is -2.43. The van der Waals surface area contributed by atoms with Crippen LogP contribution in [0, 0.1) is 5.92 Å². The molecule has 0 nitrogen and oxygen atoms in total. The zero-order valence-electron chi connectivity index (χ0n) is 14.8. The summed E-state index contributed by atoms with van der Waals surface area (Å²) in [7, 11) is -0.987. The lowest BCUT2D eigenvalue weighted by Crippen LogP contribution is -2.41. The molecule has 0 aromatic carbocycles. The van der Waals surface area contributed by atoms with Crippen molar-refractivity contribution in [2.24, 2.45) is 5.92 Å². The van der Waals surface area contributed by atoms with Crippen molar-refractivity contribution in [2.45, 2.75) is 116 Å². The van der Waals surface area contributed by atoms with Crippen LogP contribution in [-0.4, -0.2) is 8.07 Å². The fraction of sp³-hybridized carbons (Fsp3) is 1.00. The van der Waals surface area contributed by atoms with E-state index in [1.807, 2.05) is 0 Å². The van der Waals surface area contributed by atoms with E-state index in [0.717, 1.165) is 5.92 Å². The molecule has 1 aliphatic carbocycles. The summed E-state index contributed by atoms with van der Waals surface area (Å²) >= 11 is 0. The summed E-state index contributed by atoms with van der Waals surface area (Å²) in [5.41, 5.74) is 1.18. The highest BCUT2D eigenvalue weighted by Gasteiger charge is 2.40. The maximum Gasteiger partial charge on any atom is 0.0566 e. The molecule has 0 radical (unpaired) electrons. The molecule has 0 unspecified atom stereocenters. The Morgan fingerprint density at radius 2 is 1.10 bits per heavy atom. The quantitative estimate of drug-likeness (QED) is 0.368. The predicted molar refractivity (Wildman–Crippen MR) is 96.3 cm³/mol. The highest BCUT2D eigenvalue weighted by atomic mass is 28.3.